The lowest BCUT2D eigenvalue weighted by Crippen LogP contribution is -2.40. The summed E-state index contributed by atoms with van der Waals surface area (Å²) >= 11 is 1.22. The monoisotopic (exact) mass is 653 g/mol. The fourth-order valence-electron chi connectivity index (χ4n) is 5.27. The number of carbonyl (C=O) groups excluding carboxylic acids is 1. The summed E-state index contributed by atoms with van der Waals surface area (Å²) in [5.41, 5.74) is 3.05. The van der Waals surface area contributed by atoms with E-state index in [4.69, 9.17) is 23.7 Å². The van der Waals surface area contributed by atoms with Gasteiger partial charge in [-0.15, -0.1) is 0 Å². The molecule has 0 radical (unpaired) electrons. The van der Waals surface area contributed by atoms with Crippen molar-refractivity contribution in [3.63, 3.8) is 0 Å². The molecule has 2 heterocycles. The number of methoxy groups -OCH3 is 2. The molecule has 1 atom stereocenters. The fraction of sp³-hybridized carbons (Fsp3) is 0.278. The van der Waals surface area contributed by atoms with Gasteiger partial charge in [0.15, 0.2) is 27.8 Å². The van der Waals surface area contributed by atoms with E-state index in [0.717, 1.165) is 5.56 Å². The Morgan fingerprint density at radius 2 is 1.77 bits per heavy atom. The zero-order chi connectivity index (χ0) is 33.7. The van der Waals surface area contributed by atoms with Crippen molar-refractivity contribution in [3.8, 4) is 29.1 Å². The van der Waals surface area contributed by atoms with Gasteiger partial charge in [-0.3, -0.25) is 9.36 Å². The average Bonchev–Trinajstić information content (AvgIpc) is 3.36. The SMILES string of the molecule is CCOC(=O)C1=C(C)N=c2s/c(=C\c3ccc(OCc4ccccc4C#N)c(OC)c3)c(=O)n2[C@@H]1c1ccc(OC(C)C)c(OC)c1. The molecule has 1 aromatic heterocycles. The van der Waals surface area contributed by atoms with Gasteiger partial charge in [-0.1, -0.05) is 41.7 Å². The van der Waals surface area contributed by atoms with Crippen LogP contribution in [-0.4, -0.2) is 37.5 Å². The maximum Gasteiger partial charge on any atom is 0.338 e. The van der Waals surface area contributed by atoms with E-state index < -0.39 is 12.0 Å². The van der Waals surface area contributed by atoms with Gasteiger partial charge in [-0.2, -0.15) is 5.26 Å². The van der Waals surface area contributed by atoms with Crippen LogP contribution in [0.15, 0.2) is 81.7 Å². The third kappa shape index (κ3) is 6.93. The Labute approximate surface area is 276 Å². The first-order valence-electron chi connectivity index (χ1n) is 15.0. The Hall–Kier alpha value is -5.34. The number of allylic oxidation sites excluding steroid dienone is 1. The van der Waals surface area contributed by atoms with E-state index >= 15 is 0 Å². The van der Waals surface area contributed by atoms with Gasteiger partial charge in [0.25, 0.3) is 5.56 Å². The molecule has 11 heteroatoms. The van der Waals surface area contributed by atoms with E-state index in [-0.39, 0.29) is 30.5 Å². The zero-order valence-electron chi connectivity index (χ0n) is 27.0. The maximum absolute atomic E-state index is 14.1. The predicted molar refractivity (Wildman–Crippen MR) is 178 cm³/mol. The maximum atomic E-state index is 14.1. The van der Waals surface area contributed by atoms with Gasteiger partial charge in [0, 0.05) is 5.56 Å². The second-order valence-corrected chi connectivity index (χ2v) is 11.9. The Morgan fingerprint density at radius 3 is 2.47 bits per heavy atom. The van der Waals surface area contributed by atoms with Gasteiger partial charge < -0.3 is 23.7 Å². The number of aromatic nitrogens is 1. The molecule has 0 fully saturated rings. The molecule has 0 saturated carbocycles. The number of benzene rings is 3. The minimum atomic E-state index is -0.809. The third-order valence-corrected chi connectivity index (χ3v) is 8.37. The Kier molecular flexibility index (Phi) is 10.1. The molecule has 0 unspecified atom stereocenters. The minimum absolute atomic E-state index is 0.0795. The molecule has 0 saturated heterocycles. The van der Waals surface area contributed by atoms with Gasteiger partial charge in [0.2, 0.25) is 0 Å². The number of esters is 1. The Bertz CT molecular complexity index is 2070. The van der Waals surface area contributed by atoms with E-state index in [0.29, 0.717) is 54.7 Å². The number of nitrogens with zero attached hydrogens (tertiary/aromatic N) is 3. The van der Waals surface area contributed by atoms with Crippen molar-refractivity contribution in [2.24, 2.45) is 4.99 Å². The molecule has 0 amide bonds. The number of carbonyl (C=O) groups is 1. The number of hydrogen-bond donors (Lipinski definition) is 0. The van der Waals surface area contributed by atoms with Crippen molar-refractivity contribution < 1.29 is 28.5 Å². The Balaban J connectivity index is 1.57. The average molecular weight is 654 g/mol. The molecular formula is C36H35N3O7S. The lowest BCUT2D eigenvalue weighted by Gasteiger charge is -2.25. The van der Waals surface area contributed by atoms with Crippen LogP contribution >= 0.6 is 11.3 Å². The fourth-order valence-corrected chi connectivity index (χ4v) is 6.31. The van der Waals surface area contributed by atoms with Gasteiger partial charge in [0.05, 0.1) is 60.4 Å². The standard InChI is InChI=1S/C36H35N3O7S/c1-7-44-35(41)32-22(4)38-36-39(33(32)24-13-15-28(46-21(2)3)30(18-24)43-6)34(40)31(47-36)17-23-12-14-27(29(16-23)42-5)45-20-26-11-9-8-10-25(26)19-37/h8-18,21,33H,7,20H2,1-6H3/b31-17-/t33-/m1/s1. The highest BCUT2D eigenvalue weighted by Crippen LogP contribution is 2.36. The minimum Gasteiger partial charge on any atom is -0.493 e. The first kappa shape index (κ1) is 33.0. The summed E-state index contributed by atoms with van der Waals surface area (Å²) in [6.45, 7) is 7.67. The van der Waals surface area contributed by atoms with Crippen molar-refractivity contribution in [1.29, 1.82) is 5.26 Å². The smallest absolute Gasteiger partial charge is 0.338 e. The van der Waals surface area contributed by atoms with Crippen LogP contribution in [0, 0.1) is 11.3 Å². The molecule has 10 nitrogen and oxygen atoms in total. The number of nitriles is 1. The number of fused-ring (bicyclic) bond motifs is 1. The van der Waals surface area contributed by atoms with E-state index in [1.165, 1.54) is 23.0 Å². The van der Waals surface area contributed by atoms with Crippen molar-refractivity contribution >= 4 is 23.4 Å². The first-order chi connectivity index (χ1) is 22.7. The topological polar surface area (TPSA) is 121 Å². The van der Waals surface area contributed by atoms with Crippen LogP contribution in [0.25, 0.3) is 6.08 Å². The number of hydrogen-bond acceptors (Lipinski definition) is 10. The zero-order valence-corrected chi connectivity index (χ0v) is 27.8. The summed E-state index contributed by atoms with van der Waals surface area (Å²) < 4.78 is 30.5. The molecule has 0 bridgehead atoms. The predicted octanol–water partition coefficient (Wildman–Crippen LogP) is 5.05. The van der Waals surface area contributed by atoms with E-state index in [9.17, 15) is 14.9 Å². The van der Waals surface area contributed by atoms with Crippen LogP contribution < -0.4 is 33.8 Å². The second-order valence-electron chi connectivity index (χ2n) is 10.8. The van der Waals surface area contributed by atoms with Crippen LogP contribution in [0.4, 0.5) is 0 Å². The molecule has 1 aliphatic heterocycles. The lowest BCUT2D eigenvalue weighted by atomic mass is 9.95. The third-order valence-electron chi connectivity index (χ3n) is 7.39. The van der Waals surface area contributed by atoms with Crippen LogP contribution in [0.1, 0.15) is 56.0 Å². The molecule has 5 rings (SSSR count). The molecule has 1 aliphatic rings. The quantitative estimate of drug-likeness (QED) is 0.206. The molecule has 47 heavy (non-hydrogen) atoms. The summed E-state index contributed by atoms with van der Waals surface area (Å²) in [6.07, 6.45) is 1.67. The second kappa shape index (κ2) is 14.4. The molecule has 0 aliphatic carbocycles. The summed E-state index contributed by atoms with van der Waals surface area (Å²) in [5, 5.41) is 9.40. The molecule has 0 N–H and O–H groups in total. The number of thiazole rings is 1. The summed E-state index contributed by atoms with van der Waals surface area (Å²) in [5.74, 6) is 1.43. The highest BCUT2D eigenvalue weighted by Gasteiger charge is 2.34. The van der Waals surface area contributed by atoms with Gasteiger partial charge in [0.1, 0.15) is 6.61 Å². The number of rotatable bonds is 11. The molecule has 242 valence electrons. The van der Waals surface area contributed by atoms with Crippen molar-refractivity contribution in [2.75, 3.05) is 20.8 Å². The van der Waals surface area contributed by atoms with E-state index in [2.05, 4.69) is 11.1 Å². The van der Waals surface area contributed by atoms with Crippen LogP contribution in [-0.2, 0) is 16.1 Å². The summed E-state index contributed by atoms with van der Waals surface area (Å²) in [4.78, 5) is 32.5. The first-order valence-corrected chi connectivity index (χ1v) is 15.8. The van der Waals surface area contributed by atoms with E-state index in [1.54, 1.807) is 63.4 Å². The molecule has 4 aromatic rings. The highest BCUT2D eigenvalue weighted by molar-refractivity contribution is 7.07. The van der Waals surface area contributed by atoms with E-state index in [1.807, 2.05) is 38.1 Å². The van der Waals surface area contributed by atoms with Gasteiger partial charge in [-0.05, 0) is 75.2 Å². The van der Waals surface area contributed by atoms with Crippen molar-refractivity contribution in [3.05, 3.63) is 114 Å². The molecule has 0 spiro atoms. The molecule has 3 aromatic carbocycles. The Morgan fingerprint density at radius 1 is 1.04 bits per heavy atom. The largest absolute Gasteiger partial charge is 0.493 e. The van der Waals surface area contributed by atoms with Crippen LogP contribution in [0.3, 0.4) is 0 Å². The van der Waals surface area contributed by atoms with Crippen LogP contribution in [0.2, 0.25) is 0 Å². The molecular weight excluding hydrogens is 618 g/mol. The lowest BCUT2D eigenvalue weighted by molar-refractivity contribution is -0.139. The van der Waals surface area contributed by atoms with Crippen molar-refractivity contribution in [2.45, 2.75) is 46.4 Å². The van der Waals surface area contributed by atoms with Gasteiger partial charge >= 0.3 is 5.97 Å². The van der Waals surface area contributed by atoms with Gasteiger partial charge in [-0.25, -0.2) is 9.79 Å². The summed E-state index contributed by atoms with van der Waals surface area (Å²) in [7, 11) is 3.08. The van der Waals surface area contributed by atoms with Crippen LogP contribution in [0.5, 0.6) is 23.0 Å². The normalized spacial score (nSPS) is 14.3. The highest BCUT2D eigenvalue weighted by atomic mass is 32.1. The number of ether oxygens (including phenoxy) is 5. The van der Waals surface area contributed by atoms with Crippen molar-refractivity contribution in [1.82, 2.24) is 4.57 Å². The summed E-state index contributed by atoms with van der Waals surface area (Å²) in [6, 6.07) is 19.3.